The standard InChI is InChI=1S/C13H12Cl2N2O/c1-17-9(7-8-16-17)5-6-12(18)13-10(14)3-2-4-11(13)15/h2-4,7-8H,5-6H2,1H3. The van der Waals surface area contributed by atoms with E-state index in [1.54, 1.807) is 29.1 Å². The number of carbonyl (C=O) groups is 1. The number of hydrogen-bond acceptors (Lipinski definition) is 2. The first-order valence-electron chi connectivity index (χ1n) is 5.53. The third kappa shape index (κ3) is 2.74. The summed E-state index contributed by atoms with van der Waals surface area (Å²) >= 11 is 12.0. The lowest BCUT2D eigenvalue weighted by molar-refractivity contribution is 0.0982. The number of hydrogen-bond donors (Lipinski definition) is 0. The van der Waals surface area contributed by atoms with Crippen molar-refractivity contribution in [3.8, 4) is 0 Å². The maximum atomic E-state index is 12.1. The first-order valence-corrected chi connectivity index (χ1v) is 6.29. The average Bonchev–Trinajstić information content (AvgIpc) is 2.72. The summed E-state index contributed by atoms with van der Waals surface area (Å²) in [7, 11) is 1.85. The Kier molecular flexibility index (Phi) is 4.04. The second-order valence-corrected chi connectivity index (χ2v) is 4.78. The summed E-state index contributed by atoms with van der Waals surface area (Å²) in [6.45, 7) is 0. The predicted octanol–water partition coefficient (Wildman–Crippen LogP) is 3.54. The number of aryl methyl sites for hydroxylation is 2. The molecule has 1 aromatic heterocycles. The summed E-state index contributed by atoms with van der Waals surface area (Å²) in [5.74, 6) is -0.0493. The van der Waals surface area contributed by atoms with E-state index in [-0.39, 0.29) is 5.78 Å². The van der Waals surface area contributed by atoms with Gasteiger partial charge >= 0.3 is 0 Å². The number of Topliss-reactive ketones (excluding diaryl/α,β-unsaturated/α-hetero) is 1. The molecule has 0 unspecified atom stereocenters. The lowest BCUT2D eigenvalue weighted by atomic mass is 10.1. The molecule has 0 aliphatic rings. The van der Waals surface area contributed by atoms with Crippen molar-refractivity contribution >= 4 is 29.0 Å². The van der Waals surface area contributed by atoms with Gasteiger partial charge in [-0.05, 0) is 24.6 Å². The van der Waals surface area contributed by atoms with Crippen LogP contribution >= 0.6 is 23.2 Å². The molecule has 94 valence electrons. The van der Waals surface area contributed by atoms with Gasteiger partial charge in [0.1, 0.15) is 0 Å². The normalized spacial score (nSPS) is 10.6. The molecule has 0 fully saturated rings. The highest BCUT2D eigenvalue weighted by Gasteiger charge is 2.14. The third-order valence-electron chi connectivity index (χ3n) is 2.77. The summed E-state index contributed by atoms with van der Waals surface area (Å²) in [4.78, 5) is 12.1. The van der Waals surface area contributed by atoms with Crippen molar-refractivity contribution in [2.24, 2.45) is 7.05 Å². The number of halogens is 2. The molecule has 3 nitrogen and oxygen atoms in total. The number of ketones is 1. The van der Waals surface area contributed by atoms with Crippen LogP contribution in [-0.2, 0) is 13.5 Å². The Hall–Kier alpha value is -1.32. The molecule has 18 heavy (non-hydrogen) atoms. The number of rotatable bonds is 4. The Morgan fingerprint density at radius 2 is 1.94 bits per heavy atom. The van der Waals surface area contributed by atoms with Crippen LogP contribution in [0.4, 0.5) is 0 Å². The Bertz CT molecular complexity index is 558. The van der Waals surface area contributed by atoms with Crippen LogP contribution in [0, 0.1) is 0 Å². The molecule has 0 amide bonds. The van der Waals surface area contributed by atoms with E-state index < -0.39 is 0 Å². The van der Waals surface area contributed by atoms with Gasteiger partial charge in [0.25, 0.3) is 0 Å². The van der Waals surface area contributed by atoms with E-state index in [0.29, 0.717) is 28.5 Å². The van der Waals surface area contributed by atoms with Crippen molar-refractivity contribution in [1.29, 1.82) is 0 Å². The molecule has 0 saturated heterocycles. The Balaban J connectivity index is 2.11. The minimum atomic E-state index is -0.0493. The minimum Gasteiger partial charge on any atom is -0.294 e. The fraction of sp³-hybridized carbons (Fsp3) is 0.231. The van der Waals surface area contributed by atoms with E-state index in [1.165, 1.54) is 0 Å². The van der Waals surface area contributed by atoms with Crippen LogP contribution in [0.2, 0.25) is 10.0 Å². The average molecular weight is 283 g/mol. The Labute approximate surface area is 115 Å². The molecule has 2 aromatic rings. The molecule has 0 spiro atoms. The molecule has 0 radical (unpaired) electrons. The van der Waals surface area contributed by atoms with Crippen LogP contribution in [0.3, 0.4) is 0 Å². The fourth-order valence-electron chi connectivity index (χ4n) is 1.78. The summed E-state index contributed by atoms with van der Waals surface area (Å²) in [6, 6.07) is 6.96. The molecule has 2 rings (SSSR count). The maximum absolute atomic E-state index is 12.1. The zero-order valence-electron chi connectivity index (χ0n) is 9.86. The Morgan fingerprint density at radius 3 is 2.50 bits per heavy atom. The number of carbonyl (C=O) groups excluding carboxylic acids is 1. The van der Waals surface area contributed by atoms with Gasteiger partial charge in [0.2, 0.25) is 0 Å². The Morgan fingerprint density at radius 1 is 1.28 bits per heavy atom. The molecule has 0 atom stereocenters. The van der Waals surface area contributed by atoms with Gasteiger partial charge in [0.15, 0.2) is 5.78 Å². The molecule has 1 heterocycles. The monoisotopic (exact) mass is 282 g/mol. The molecule has 0 aliphatic heterocycles. The molecule has 0 bridgehead atoms. The molecular weight excluding hydrogens is 271 g/mol. The van der Waals surface area contributed by atoms with Crippen molar-refractivity contribution in [2.75, 3.05) is 0 Å². The quantitative estimate of drug-likeness (QED) is 0.804. The topological polar surface area (TPSA) is 34.9 Å². The SMILES string of the molecule is Cn1nccc1CCC(=O)c1c(Cl)cccc1Cl. The lowest BCUT2D eigenvalue weighted by Gasteiger charge is -2.06. The van der Waals surface area contributed by atoms with Crippen LogP contribution in [0.5, 0.6) is 0 Å². The highest BCUT2D eigenvalue weighted by Crippen LogP contribution is 2.25. The third-order valence-corrected chi connectivity index (χ3v) is 3.40. The van der Waals surface area contributed by atoms with Gasteiger partial charge in [-0.25, -0.2) is 0 Å². The van der Waals surface area contributed by atoms with Gasteiger partial charge in [0.05, 0.1) is 15.6 Å². The second kappa shape index (κ2) is 5.55. The van der Waals surface area contributed by atoms with Gasteiger partial charge in [-0.2, -0.15) is 5.10 Å². The predicted molar refractivity (Wildman–Crippen MR) is 72.3 cm³/mol. The van der Waals surface area contributed by atoms with E-state index in [4.69, 9.17) is 23.2 Å². The fourth-order valence-corrected chi connectivity index (χ4v) is 2.39. The molecule has 0 N–H and O–H groups in total. The first-order chi connectivity index (χ1) is 8.59. The summed E-state index contributed by atoms with van der Waals surface area (Å²) in [6.07, 6.45) is 2.70. The van der Waals surface area contributed by atoms with Crippen LogP contribution < -0.4 is 0 Å². The van der Waals surface area contributed by atoms with Crippen molar-refractivity contribution in [3.63, 3.8) is 0 Å². The van der Waals surface area contributed by atoms with Crippen LogP contribution in [0.15, 0.2) is 30.5 Å². The number of benzene rings is 1. The maximum Gasteiger partial charge on any atom is 0.166 e. The van der Waals surface area contributed by atoms with E-state index in [2.05, 4.69) is 5.10 Å². The van der Waals surface area contributed by atoms with Gasteiger partial charge in [-0.1, -0.05) is 29.3 Å². The molecular formula is C13H12Cl2N2O. The van der Waals surface area contributed by atoms with Crippen molar-refractivity contribution < 1.29 is 4.79 Å². The highest BCUT2D eigenvalue weighted by atomic mass is 35.5. The number of nitrogens with zero attached hydrogens (tertiary/aromatic N) is 2. The van der Waals surface area contributed by atoms with Crippen LogP contribution in [0.1, 0.15) is 22.5 Å². The zero-order valence-corrected chi connectivity index (χ0v) is 11.4. The van der Waals surface area contributed by atoms with Crippen molar-refractivity contribution in [1.82, 2.24) is 9.78 Å². The number of aromatic nitrogens is 2. The molecule has 0 saturated carbocycles. The highest BCUT2D eigenvalue weighted by molar-refractivity contribution is 6.39. The molecule has 0 aliphatic carbocycles. The summed E-state index contributed by atoms with van der Waals surface area (Å²) < 4.78 is 1.75. The van der Waals surface area contributed by atoms with E-state index in [0.717, 1.165) is 5.69 Å². The van der Waals surface area contributed by atoms with Crippen LogP contribution in [0.25, 0.3) is 0 Å². The van der Waals surface area contributed by atoms with Gasteiger partial charge < -0.3 is 0 Å². The second-order valence-electron chi connectivity index (χ2n) is 3.97. The zero-order chi connectivity index (χ0) is 13.1. The van der Waals surface area contributed by atoms with Crippen LogP contribution in [-0.4, -0.2) is 15.6 Å². The lowest BCUT2D eigenvalue weighted by Crippen LogP contribution is -2.05. The molecule has 5 heteroatoms. The minimum absolute atomic E-state index is 0.0493. The van der Waals surface area contributed by atoms with Crippen molar-refractivity contribution in [2.45, 2.75) is 12.8 Å². The van der Waals surface area contributed by atoms with Crippen molar-refractivity contribution in [3.05, 3.63) is 51.8 Å². The summed E-state index contributed by atoms with van der Waals surface area (Å²) in [5.41, 5.74) is 1.41. The van der Waals surface area contributed by atoms with E-state index in [9.17, 15) is 4.79 Å². The first kappa shape index (κ1) is 13.1. The van der Waals surface area contributed by atoms with E-state index in [1.807, 2.05) is 13.1 Å². The van der Waals surface area contributed by atoms with E-state index >= 15 is 0 Å². The largest absolute Gasteiger partial charge is 0.294 e. The van der Waals surface area contributed by atoms with Gasteiger partial charge in [0, 0.05) is 25.4 Å². The summed E-state index contributed by atoms with van der Waals surface area (Å²) in [5, 5.41) is 4.86. The van der Waals surface area contributed by atoms with Gasteiger partial charge in [-0.15, -0.1) is 0 Å². The molecule has 1 aromatic carbocycles. The smallest absolute Gasteiger partial charge is 0.166 e. The van der Waals surface area contributed by atoms with Gasteiger partial charge in [-0.3, -0.25) is 9.48 Å².